The van der Waals surface area contributed by atoms with Crippen LogP contribution in [0.25, 0.3) is 21.8 Å². The van der Waals surface area contributed by atoms with Crippen molar-refractivity contribution in [2.75, 3.05) is 23.0 Å². The fraction of sp³-hybridized carbons (Fsp3) is 0.400. The average molecular weight is 342 g/mol. The van der Waals surface area contributed by atoms with Crippen molar-refractivity contribution < 1.29 is 0 Å². The van der Waals surface area contributed by atoms with Crippen molar-refractivity contribution in [3.63, 3.8) is 0 Å². The van der Waals surface area contributed by atoms with Crippen LogP contribution in [0.1, 0.15) is 25.7 Å². The van der Waals surface area contributed by atoms with E-state index in [0.29, 0.717) is 21.8 Å². The molecule has 118 valence electrons. The van der Waals surface area contributed by atoms with Crippen molar-refractivity contribution in [2.45, 2.75) is 35.5 Å². The van der Waals surface area contributed by atoms with Crippen LogP contribution in [0.2, 0.25) is 0 Å². The predicted octanol–water partition coefficient (Wildman–Crippen LogP) is 4.86. The molecule has 2 saturated heterocycles. The van der Waals surface area contributed by atoms with Crippen LogP contribution in [0.5, 0.6) is 0 Å². The number of hydrogen-bond acceptors (Lipinski definition) is 0. The van der Waals surface area contributed by atoms with Gasteiger partial charge in [0.2, 0.25) is 0 Å². The summed E-state index contributed by atoms with van der Waals surface area (Å²) in [7, 11) is 1.01. The second-order valence-corrected chi connectivity index (χ2v) is 11.3. The maximum Gasteiger partial charge on any atom is 0.155 e. The Morgan fingerprint density at radius 1 is 0.609 bits per heavy atom. The highest BCUT2D eigenvalue weighted by molar-refractivity contribution is 7.97. The van der Waals surface area contributed by atoms with Gasteiger partial charge < -0.3 is 4.98 Å². The molecule has 0 saturated carbocycles. The maximum absolute atomic E-state index is 3.62. The van der Waals surface area contributed by atoms with Gasteiger partial charge in [0.05, 0.1) is 0 Å². The van der Waals surface area contributed by atoms with E-state index in [0.717, 1.165) is 0 Å². The number of hydrogen-bond donors (Lipinski definition) is 1. The zero-order valence-corrected chi connectivity index (χ0v) is 15.1. The van der Waals surface area contributed by atoms with Gasteiger partial charge in [-0.15, -0.1) is 0 Å². The van der Waals surface area contributed by atoms with E-state index < -0.39 is 0 Å². The van der Waals surface area contributed by atoms with Crippen LogP contribution >= 0.6 is 0 Å². The molecule has 2 aliphatic rings. The average Bonchev–Trinajstić information content (AvgIpc) is 3.33. The molecular formula is C20H23NS2+2. The minimum absolute atomic E-state index is 0.507. The van der Waals surface area contributed by atoms with E-state index in [-0.39, 0.29) is 0 Å². The molecular weight excluding hydrogens is 318 g/mol. The topological polar surface area (TPSA) is 15.8 Å². The molecule has 3 aromatic rings. The first kappa shape index (κ1) is 14.3. The standard InChI is InChI=1S/C20H23NS2/c1-2-10-22(9-1)15-5-7-19-17(13-15)18-14-16(6-8-20(18)21-19)23-11-3-4-12-23/h5-8,13-14,21H,1-4,9-12H2/q+2. The summed E-state index contributed by atoms with van der Waals surface area (Å²) in [5, 5.41) is 2.89. The fourth-order valence-electron chi connectivity index (χ4n) is 4.00. The van der Waals surface area contributed by atoms with E-state index in [9.17, 15) is 0 Å². The molecule has 0 spiro atoms. The lowest BCUT2D eigenvalue weighted by Gasteiger charge is -2.02. The number of fused-ring (bicyclic) bond motifs is 3. The Kier molecular flexibility index (Phi) is 3.60. The Morgan fingerprint density at radius 3 is 1.48 bits per heavy atom. The Morgan fingerprint density at radius 2 is 1.04 bits per heavy atom. The molecule has 0 unspecified atom stereocenters. The lowest BCUT2D eigenvalue weighted by molar-refractivity contribution is 0.949. The van der Waals surface area contributed by atoms with Gasteiger partial charge in [0, 0.05) is 55.7 Å². The maximum atomic E-state index is 3.62. The summed E-state index contributed by atoms with van der Waals surface area (Å²) in [6.07, 6.45) is 5.67. The molecule has 0 amide bonds. The fourth-order valence-corrected chi connectivity index (χ4v) is 8.65. The Labute approximate surface area is 143 Å². The first-order valence-electron chi connectivity index (χ1n) is 8.79. The molecule has 2 fully saturated rings. The van der Waals surface area contributed by atoms with Gasteiger partial charge in [0.25, 0.3) is 0 Å². The van der Waals surface area contributed by atoms with E-state index in [2.05, 4.69) is 41.4 Å². The van der Waals surface area contributed by atoms with Crippen molar-refractivity contribution >= 4 is 43.6 Å². The molecule has 0 aliphatic carbocycles. The highest BCUT2D eigenvalue weighted by Gasteiger charge is 2.29. The van der Waals surface area contributed by atoms with Gasteiger partial charge in [-0.2, -0.15) is 0 Å². The summed E-state index contributed by atoms with van der Waals surface area (Å²) >= 11 is 0. The minimum Gasteiger partial charge on any atom is -0.355 e. The third kappa shape index (κ3) is 2.49. The molecule has 3 heteroatoms. The van der Waals surface area contributed by atoms with Crippen LogP contribution in [0.3, 0.4) is 0 Å². The molecule has 0 radical (unpaired) electrons. The van der Waals surface area contributed by atoms with Crippen LogP contribution in [0, 0.1) is 0 Å². The van der Waals surface area contributed by atoms with Gasteiger partial charge in [0.15, 0.2) is 9.79 Å². The van der Waals surface area contributed by atoms with Crippen molar-refractivity contribution in [3.05, 3.63) is 36.4 Å². The van der Waals surface area contributed by atoms with Crippen LogP contribution < -0.4 is 0 Å². The number of rotatable bonds is 2. The number of aromatic nitrogens is 1. The van der Waals surface area contributed by atoms with E-state index in [1.807, 2.05) is 0 Å². The van der Waals surface area contributed by atoms with Crippen molar-refractivity contribution in [3.8, 4) is 0 Å². The molecule has 1 nitrogen and oxygen atoms in total. The van der Waals surface area contributed by atoms with Crippen LogP contribution in [-0.4, -0.2) is 28.0 Å². The molecule has 3 heterocycles. The summed E-state index contributed by atoms with van der Waals surface area (Å²) in [4.78, 5) is 6.79. The van der Waals surface area contributed by atoms with Crippen molar-refractivity contribution in [1.82, 2.24) is 4.98 Å². The Hall–Kier alpha value is -1.06. The van der Waals surface area contributed by atoms with Crippen LogP contribution in [0.4, 0.5) is 0 Å². The van der Waals surface area contributed by atoms with Gasteiger partial charge in [-0.3, -0.25) is 0 Å². The number of H-pyrrole nitrogens is 1. The SMILES string of the molecule is c1cc2[nH]c3ccc([S+]4CCCC4)cc3c2cc1[S+]1CCCC1. The zero-order chi connectivity index (χ0) is 15.2. The van der Waals surface area contributed by atoms with Gasteiger partial charge >= 0.3 is 0 Å². The second kappa shape index (κ2) is 5.78. The first-order valence-corrected chi connectivity index (χ1v) is 11.9. The number of benzene rings is 2. The highest BCUT2D eigenvalue weighted by atomic mass is 32.2. The first-order chi connectivity index (χ1) is 11.4. The number of nitrogens with one attached hydrogen (secondary N) is 1. The van der Waals surface area contributed by atoms with Crippen molar-refractivity contribution in [2.24, 2.45) is 0 Å². The number of aromatic amines is 1. The molecule has 0 atom stereocenters. The lowest BCUT2D eigenvalue weighted by Crippen LogP contribution is -2.03. The summed E-state index contributed by atoms with van der Waals surface area (Å²) in [6.45, 7) is 0. The molecule has 1 aromatic heterocycles. The third-order valence-corrected chi connectivity index (χ3v) is 10.2. The van der Waals surface area contributed by atoms with Gasteiger partial charge in [-0.25, -0.2) is 0 Å². The molecule has 2 aromatic carbocycles. The van der Waals surface area contributed by atoms with Gasteiger partial charge in [0.1, 0.15) is 23.0 Å². The summed E-state index contributed by atoms with van der Waals surface area (Å²) in [6, 6.07) is 14.3. The van der Waals surface area contributed by atoms with Gasteiger partial charge in [-0.1, -0.05) is 0 Å². The summed E-state index contributed by atoms with van der Waals surface area (Å²) < 4.78 is 0. The van der Waals surface area contributed by atoms with E-state index in [1.165, 1.54) is 70.5 Å². The van der Waals surface area contributed by atoms with Crippen LogP contribution in [0.15, 0.2) is 46.2 Å². The minimum atomic E-state index is 0.507. The second-order valence-electron chi connectivity index (χ2n) is 6.76. The summed E-state index contributed by atoms with van der Waals surface area (Å²) in [5.74, 6) is 5.62. The normalized spacial score (nSPS) is 20.2. The third-order valence-electron chi connectivity index (χ3n) is 5.27. The molecule has 1 N–H and O–H groups in total. The lowest BCUT2D eigenvalue weighted by atomic mass is 10.1. The summed E-state index contributed by atoms with van der Waals surface area (Å²) in [5.41, 5.74) is 2.61. The van der Waals surface area contributed by atoms with E-state index >= 15 is 0 Å². The zero-order valence-electron chi connectivity index (χ0n) is 13.4. The largest absolute Gasteiger partial charge is 0.355 e. The quantitative estimate of drug-likeness (QED) is 0.641. The molecule has 5 rings (SSSR count). The van der Waals surface area contributed by atoms with Crippen molar-refractivity contribution in [1.29, 1.82) is 0 Å². The van der Waals surface area contributed by atoms with E-state index in [1.54, 1.807) is 9.79 Å². The predicted molar refractivity (Wildman–Crippen MR) is 105 cm³/mol. The highest BCUT2D eigenvalue weighted by Crippen LogP contribution is 2.33. The molecule has 23 heavy (non-hydrogen) atoms. The van der Waals surface area contributed by atoms with Gasteiger partial charge in [-0.05, 0) is 49.9 Å². The van der Waals surface area contributed by atoms with Crippen LogP contribution in [-0.2, 0) is 21.8 Å². The Bertz CT molecular complexity index is 784. The smallest absolute Gasteiger partial charge is 0.155 e. The van der Waals surface area contributed by atoms with E-state index in [4.69, 9.17) is 0 Å². The molecule has 2 aliphatic heterocycles. The monoisotopic (exact) mass is 341 g/mol. The molecule has 0 bridgehead atoms. The Balaban J connectivity index is 1.64.